The maximum atomic E-state index is 12.1. The van der Waals surface area contributed by atoms with E-state index in [9.17, 15) is 8.42 Å². The largest absolute Gasteiger partial charge is 0.312 e. The first-order valence-corrected chi connectivity index (χ1v) is 10.6. The summed E-state index contributed by atoms with van der Waals surface area (Å²) >= 11 is 3.28. The van der Waals surface area contributed by atoms with Crippen LogP contribution in [0.2, 0.25) is 0 Å². The van der Waals surface area contributed by atoms with E-state index in [1.165, 1.54) is 11.3 Å². The number of nitrogens with one attached hydrogen (secondary N) is 2. The molecule has 1 aromatic rings. The third kappa shape index (κ3) is 6.58. The predicted octanol–water partition coefficient (Wildman–Crippen LogP) is 2.67. The number of hydrogen-bond donors (Lipinski definition) is 2. The van der Waals surface area contributed by atoms with Gasteiger partial charge >= 0.3 is 0 Å². The van der Waals surface area contributed by atoms with Crippen LogP contribution in [0.15, 0.2) is 16.3 Å². The van der Waals surface area contributed by atoms with E-state index in [1.807, 2.05) is 0 Å². The summed E-state index contributed by atoms with van der Waals surface area (Å²) in [6.45, 7) is 4.32. The molecule has 116 valence electrons. The van der Waals surface area contributed by atoms with E-state index in [2.05, 4.69) is 23.2 Å². The Hall–Kier alpha value is -0.0800. The van der Waals surface area contributed by atoms with E-state index < -0.39 is 10.0 Å². The lowest BCUT2D eigenvalue weighted by Crippen LogP contribution is -2.24. The molecule has 1 heterocycles. The zero-order chi connectivity index (χ0) is 14.8. The maximum absolute atomic E-state index is 12.1. The highest BCUT2D eigenvalue weighted by Crippen LogP contribution is 2.19. The van der Waals surface area contributed by atoms with Crippen LogP contribution in [0.25, 0.3) is 0 Å². The predicted molar refractivity (Wildman–Crippen MR) is 89.1 cm³/mol. The van der Waals surface area contributed by atoms with Gasteiger partial charge in [0.15, 0.2) is 0 Å². The summed E-state index contributed by atoms with van der Waals surface area (Å²) in [5.74, 6) is 1.08. The minimum absolute atomic E-state index is 0.390. The van der Waals surface area contributed by atoms with Crippen molar-refractivity contribution in [1.29, 1.82) is 0 Å². The third-order valence-electron chi connectivity index (χ3n) is 2.73. The van der Waals surface area contributed by atoms with Crippen LogP contribution in [-0.2, 0) is 16.6 Å². The normalized spacial score (nSPS) is 11.9. The van der Waals surface area contributed by atoms with Gasteiger partial charge in [0.25, 0.3) is 0 Å². The van der Waals surface area contributed by atoms with Crippen molar-refractivity contribution in [2.24, 2.45) is 0 Å². The zero-order valence-electron chi connectivity index (χ0n) is 12.1. The summed E-state index contributed by atoms with van der Waals surface area (Å²) in [6.07, 6.45) is 5.06. The second-order valence-electron chi connectivity index (χ2n) is 4.52. The van der Waals surface area contributed by atoms with E-state index in [0.29, 0.717) is 11.4 Å². The van der Waals surface area contributed by atoms with Crippen molar-refractivity contribution < 1.29 is 8.42 Å². The molecule has 0 saturated carbocycles. The minimum atomic E-state index is -3.33. The SMILES string of the molecule is CCCNCc1cc(S(=O)(=O)NCCCCSC)cs1. The lowest BCUT2D eigenvalue weighted by molar-refractivity contribution is 0.579. The minimum Gasteiger partial charge on any atom is -0.312 e. The molecule has 0 unspecified atom stereocenters. The van der Waals surface area contributed by atoms with Gasteiger partial charge in [-0.1, -0.05) is 6.92 Å². The van der Waals surface area contributed by atoms with Gasteiger partial charge in [-0.05, 0) is 43.9 Å². The van der Waals surface area contributed by atoms with Gasteiger partial charge in [0.1, 0.15) is 0 Å². The van der Waals surface area contributed by atoms with E-state index >= 15 is 0 Å². The first kappa shape index (κ1) is 18.0. The molecule has 0 fully saturated rings. The Balaban J connectivity index is 2.42. The Kier molecular flexibility index (Phi) is 8.79. The second-order valence-corrected chi connectivity index (χ2v) is 8.27. The van der Waals surface area contributed by atoms with Gasteiger partial charge in [-0.2, -0.15) is 11.8 Å². The highest BCUT2D eigenvalue weighted by molar-refractivity contribution is 7.98. The molecule has 0 radical (unpaired) electrons. The molecular formula is C13H24N2O2S3. The smallest absolute Gasteiger partial charge is 0.241 e. The molecule has 0 aliphatic heterocycles. The number of rotatable bonds is 11. The van der Waals surface area contributed by atoms with Crippen LogP contribution >= 0.6 is 23.1 Å². The Morgan fingerprint density at radius 3 is 2.80 bits per heavy atom. The molecule has 1 rings (SSSR count). The summed E-state index contributed by atoms with van der Waals surface area (Å²) in [6, 6.07) is 1.76. The summed E-state index contributed by atoms with van der Waals surface area (Å²) < 4.78 is 26.8. The monoisotopic (exact) mass is 336 g/mol. The molecule has 4 nitrogen and oxygen atoms in total. The lowest BCUT2D eigenvalue weighted by Gasteiger charge is -2.04. The highest BCUT2D eigenvalue weighted by Gasteiger charge is 2.15. The molecule has 0 aliphatic carbocycles. The first-order chi connectivity index (χ1) is 9.60. The maximum Gasteiger partial charge on any atom is 0.241 e. The van der Waals surface area contributed by atoms with Crippen LogP contribution in [0.3, 0.4) is 0 Å². The Morgan fingerprint density at radius 2 is 2.10 bits per heavy atom. The topological polar surface area (TPSA) is 58.2 Å². The van der Waals surface area contributed by atoms with Crippen LogP contribution in [0.4, 0.5) is 0 Å². The van der Waals surface area contributed by atoms with Gasteiger partial charge in [-0.25, -0.2) is 13.1 Å². The second kappa shape index (κ2) is 9.78. The Bertz CT molecular complexity index is 472. The number of unbranched alkanes of at least 4 members (excludes halogenated alkanes) is 1. The molecule has 20 heavy (non-hydrogen) atoms. The van der Waals surface area contributed by atoms with Crippen molar-refractivity contribution in [3.05, 3.63) is 16.3 Å². The number of sulfonamides is 1. The third-order valence-corrected chi connectivity index (χ3v) is 5.96. The van der Waals surface area contributed by atoms with Crippen LogP contribution in [0.1, 0.15) is 31.1 Å². The molecule has 0 aliphatic rings. The van der Waals surface area contributed by atoms with Crippen molar-refractivity contribution in [3.8, 4) is 0 Å². The van der Waals surface area contributed by atoms with Crippen molar-refractivity contribution in [3.63, 3.8) is 0 Å². The molecule has 0 saturated heterocycles. The van der Waals surface area contributed by atoms with Gasteiger partial charge < -0.3 is 5.32 Å². The van der Waals surface area contributed by atoms with E-state index in [0.717, 1.165) is 43.0 Å². The fourth-order valence-electron chi connectivity index (χ4n) is 1.64. The number of thiophene rings is 1. The van der Waals surface area contributed by atoms with Crippen molar-refractivity contribution >= 4 is 33.1 Å². The molecule has 2 N–H and O–H groups in total. The summed E-state index contributed by atoms with van der Waals surface area (Å²) in [4.78, 5) is 1.45. The van der Waals surface area contributed by atoms with E-state index in [1.54, 1.807) is 23.2 Å². The van der Waals surface area contributed by atoms with Crippen LogP contribution in [0, 0.1) is 0 Å². The lowest BCUT2D eigenvalue weighted by atomic mass is 10.3. The van der Waals surface area contributed by atoms with Gasteiger partial charge in [0.05, 0.1) is 4.90 Å². The molecule has 0 bridgehead atoms. The Labute approximate surface area is 130 Å². The summed E-state index contributed by atoms with van der Waals surface area (Å²) in [5.41, 5.74) is 0. The van der Waals surface area contributed by atoms with Crippen molar-refractivity contribution in [1.82, 2.24) is 10.0 Å². The summed E-state index contributed by atoms with van der Waals surface area (Å²) in [7, 11) is -3.33. The number of hydrogen-bond acceptors (Lipinski definition) is 5. The molecule has 0 atom stereocenters. The van der Waals surface area contributed by atoms with Gasteiger partial charge in [0, 0.05) is 23.3 Å². The Morgan fingerprint density at radius 1 is 1.30 bits per heavy atom. The summed E-state index contributed by atoms with van der Waals surface area (Å²) in [5, 5.41) is 4.99. The first-order valence-electron chi connectivity index (χ1n) is 6.87. The average Bonchev–Trinajstić information content (AvgIpc) is 2.88. The van der Waals surface area contributed by atoms with Crippen LogP contribution in [-0.4, -0.2) is 33.5 Å². The van der Waals surface area contributed by atoms with E-state index in [-0.39, 0.29) is 0 Å². The van der Waals surface area contributed by atoms with Crippen LogP contribution < -0.4 is 10.0 Å². The molecule has 0 spiro atoms. The van der Waals surface area contributed by atoms with Crippen molar-refractivity contribution in [2.45, 2.75) is 37.6 Å². The van der Waals surface area contributed by atoms with Gasteiger partial charge in [-0.15, -0.1) is 11.3 Å². The molecule has 0 aromatic carbocycles. The zero-order valence-corrected chi connectivity index (χ0v) is 14.6. The highest BCUT2D eigenvalue weighted by atomic mass is 32.2. The molecule has 0 amide bonds. The molecular weight excluding hydrogens is 312 g/mol. The average molecular weight is 337 g/mol. The number of thioether (sulfide) groups is 1. The van der Waals surface area contributed by atoms with Crippen molar-refractivity contribution in [2.75, 3.05) is 25.1 Å². The quantitative estimate of drug-likeness (QED) is 0.610. The molecule has 7 heteroatoms. The van der Waals surface area contributed by atoms with Crippen LogP contribution in [0.5, 0.6) is 0 Å². The standard InChI is InChI=1S/C13H24N2O2S3/c1-3-6-14-10-12-9-13(11-19-12)20(16,17)15-7-4-5-8-18-2/h9,11,14-15H,3-8,10H2,1-2H3. The molecule has 1 aromatic heterocycles. The fourth-order valence-corrected chi connectivity index (χ4v) is 4.46. The van der Waals surface area contributed by atoms with Gasteiger partial charge in [0.2, 0.25) is 10.0 Å². The fraction of sp³-hybridized carbons (Fsp3) is 0.692. The van der Waals surface area contributed by atoms with Gasteiger partial charge in [-0.3, -0.25) is 0 Å². The van der Waals surface area contributed by atoms with E-state index in [4.69, 9.17) is 0 Å².